The maximum Gasteiger partial charge on any atom is 0.416 e. The van der Waals surface area contributed by atoms with Crippen molar-refractivity contribution in [3.8, 4) is 11.3 Å². The van der Waals surface area contributed by atoms with Crippen LogP contribution in [0.25, 0.3) is 16.9 Å². The molecule has 3 aromatic heterocycles. The quantitative estimate of drug-likeness (QED) is 0.418. The van der Waals surface area contributed by atoms with Crippen molar-refractivity contribution in [3.05, 3.63) is 71.3 Å². The van der Waals surface area contributed by atoms with Crippen LogP contribution in [0.3, 0.4) is 0 Å². The predicted octanol–water partition coefficient (Wildman–Crippen LogP) is 3.90. The van der Waals surface area contributed by atoms with E-state index in [-0.39, 0.29) is 5.91 Å². The number of carbonyl (C=O) groups is 1. The maximum absolute atomic E-state index is 13.2. The highest BCUT2D eigenvalue weighted by Gasteiger charge is 2.31. The van der Waals surface area contributed by atoms with Crippen molar-refractivity contribution in [3.63, 3.8) is 0 Å². The fourth-order valence-corrected chi connectivity index (χ4v) is 4.60. The van der Waals surface area contributed by atoms with Gasteiger partial charge < -0.3 is 4.90 Å². The van der Waals surface area contributed by atoms with E-state index in [4.69, 9.17) is 0 Å². The first kappa shape index (κ1) is 24.0. The Morgan fingerprint density at radius 2 is 1.86 bits per heavy atom. The molecule has 0 bridgehead atoms. The average Bonchev–Trinajstić information content (AvgIpc) is 3.47. The molecule has 0 unspecified atom stereocenters. The normalized spacial score (nSPS) is 15.1. The van der Waals surface area contributed by atoms with E-state index >= 15 is 0 Å². The third kappa shape index (κ3) is 4.58. The molecule has 0 atom stereocenters. The fourth-order valence-electron chi connectivity index (χ4n) is 4.60. The summed E-state index contributed by atoms with van der Waals surface area (Å²) in [5.41, 5.74) is 3.57. The highest BCUT2D eigenvalue weighted by Crippen LogP contribution is 2.30. The van der Waals surface area contributed by atoms with Gasteiger partial charge in [0.1, 0.15) is 0 Å². The molecule has 11 heteroatoms. The zero-order valence-electron chi connectivity index (χ0n) is 20.0. The molecule has 0 N–H and O–H groups in total. The Morgan fingerprint density at radius 3 is 2.56 bits per heavy atom. The van der Waals surface area contributed by atoms with Gasteiger partial charge in [0.05, 0.1) is 17.5 Å². The summed E-state index contributed by atoms with van der Waals surface area (Å²) >= 11 is 0. The number of fused-ring (bicyclic) bond motifs is 1. The van der Waals surface area contributed by atoms with Crippen molar-refractivity contribution < 1.29 is 18.0 Å². The molecule has 1 fully saturated rings. The molecule has 8 nitrogen and oxygen atoms in total. The van der Waals surface area contributed by atoms with Crippen LogP contribution in [0.5, 0.6) is 0 Å². The van der Waals surface area contributed by atoms with E-state index in [1.807, 2.05) is 24.6 Å². The number of carbonyl (C=O) groups excluding carboxylic acids is 1. The second-order valence-electron chi connectivity index (χ2n) is 8.86. The maximum atomic E-state index is 13.2. The minimum absolute atomic E-state index is 0.189. The van der Waals surface area contributed by atoms with Crippen LogP contribution in [0.2, 0.25) is 0 Å². The van der Waals surface area contributed by atoms with Crippen molar-refractivity contribution in [2.75, 3.05) is 26.2 Å². The van der Waals surface area contributed by atoms with Gasteiger partial charge in [-0.2, -0.15) is 23.4 Å². The van der Waals surface area contributed by atoms with Crippen molar-refractivity contribution in [2.45, 2.75) is 33.1 Å². The smallest absolute Gasteiger partial charge is 0.335 e. The van der Waals surface area contributed by atoms with Gasteiger partial charge in [-0.3, -0.25) is 14.4 Å². The number of nitrogens with zero attached hydrogens (tertiary/aromatic N) is 7. The molecule has 0 saturated carbocycles. The van der Waals surface area contributed by atoms with E-state index in [2.05, 4.69) is 20.1 Å². The number of aryl methyl sites for hydroxylation is 1. The summed E-state index contributed by atoms with van der Waals surface area (Å²) in [5.74, 6) is -0.189. The van der Waals surface area contributed by atoms with Crippen LogP contribution in [-0.2, 0) is 19.3 Å². The topological polar surface area (TPSA) is 71.6 Å². The lowest BCUT2D eigenvalue weighted by Crippen LogP contribution is -2.48. The lowest BCUT2D eigenvalue weighted by atomic mass is 10.1. The van der Waals surface area contributed by atoms with E-state index in [0.29, 0.717) is 49.6 Å². The van der Waals surface area contributed by atoms with Crippen LogP contribution in [0.1, 0.15) is 34.2 Å². The number of halogens is 3. The second-order valence-corrected chi connectivity index (χ2v) is 8.86. The minimum Gasteiger partial charge on any atom is -0.335 e. The van der Waals surface area contributed by atoms with Crippen LogP contribution in [0.4, 0.5) is 13.2 Å². The van der Waals surface area contributed by atoms with Gasteiger partial charge in [-0.1, -0.05) is 18.2 Å². The van der Waals surface area contributed by atoms with E-state index in [0.717, 1.165) is 29.6 Å². The molecule has 0 radical (unpaired) electrons. The summed E-state index contributed by atoms with van der Waals surface area (Å²) < 4.78 is 42.6. The number of benzene rings is 1. The van der Waals surface area contributed by atoms with Gasteiger partial charge in [0.25, 0.3) is 5.91 Å². The molecular formula is C25H26F3N7O. The first-order chi connectivity index (χ1) is 17.2. The monoisotopic (exact) mass is 497 g/mol. The highest BCUT2D eigenvalue weighted by atomic mass is 19.4. The van der Waals surface area contributed by atoms with Gasteiger partial charge in [0.15, 0.2) is 11.3 Å². The van der Waals surface area contributed by atoms with Crippen molar-refractivity contribution in [1.29, 1.82) is 0 Å². The van der Waals surface area contributed by atoms with Crippen LogP contribution < -0.4 is 0 Å². The molecular weight excluding hydrogens is 471 g/mol. The Kier molecular flexibility index (Phi) is 6.25. The number of aromatic nitrogens is 5. The Balaban J connectivity index is 1.28. The predicted molar refractivity (Wildman–Crippen MR) is 127 cm³/mol. The molecule has 1 aliphatic heterocycles. The second kappa shape index (κ2) is 9.38. The Morgan fingerprint density at radius 1 is 1.08 bits per heavy atom. The lowest BCUT2D eigenvalue weighted by molar-refractivity contribution is -0.137. The summed E-state index contributed by atoms with van der Waals surface area (Å²) in [6, 6.07) is 8.92. The van der Waals surface area contributed by atoms with Gasteiger partial charge >= 0.3 is 6.18 Å². The minimum atomic E-state index is -4.36. The van der Waals surface area contributed by atoms with Crippen LogP contribution in [0.15, 0.2) is 48.8 Å². The number of hydrogen-bond acceptors (Lipinski definition) is 5. The van der Waals surface area contributed by atoms with Crippen molar-refractivity contribution in [2.24, 2.45) is 0 Å². The van der Waals surface area contributed by atoms with Gasteiger partial charge in [-0.15, -0.1) is 0 Å². The van der Waals surface area contributed by atoms with E-state index in [9.17, 15) is 18.0 Å². The van der Waals surface area contributed by atoms with Gasteiger partial charge in [-0.05, 0) is 31.5 Å². The number of amides is 1. The lowest BCUT2D eigenvalue weighted by Gasteiger charge is -2.34. The van der Waals surface area contributed by atoms with Gasteiger partial charge in [0.2, 0.25) is 0 Å². The molecule has 1 aromatic carbocycles. The zero-order chi connectivity index (χ0) is 25.4. The molecule has 4 heterocycles. The summed E-state index contributed by atoms with van der Waals surface area (Å²) in [7, 11) is 0. The largest absolute Gasteiger partial charge is 0.416 e. The van der Waals surface area contributed by atoms with Gasteiger partial charge in [0, 0.05) is 62.8 Å². The van der Waals surface area contributed by atoms with Crippen LogP contribution in [-0.4, -0.2) is 66.3 Å². The highest BCUT2D eigenvalue weighted by molar-refractivity contribution is 5.93. The van der Waals surface area contributed by atoms with E-state index < -0.39 is 11.7 Å². The van der Waals surface area contributed by atoms with Gasteiger partial charge in [-0.25, -0.2) is 9.50 Å². The number of hydrogen-bond donors (Lipinski definition) is 0. The van der Waals surface area contributed by atoms with Crippen LogP contribution in [0, 0.1) is 6.92 Å². The third-order valence-electron chi connectivity index (χ3n) is 6.58. The van der Waals surface area contributed by atoms with Crippen LogP contribution >= 0.6 is 0 Å². The Bertz CT molecular complexity index is 1400. The summed E-state index contributed by atoms with van der Waals surface area (Å²) in [4.78, 5) is 21.4. The molecule has 4 aromatic rings. The molecule has 1 saturated heterocycles. The molecule has 0 aliphatic carbocycles. The molecule has 0 spiro atoms. The number of piperazine rings is 1. The molecule has 5 rings (SSSR count). The van der Waals surface area contributed by atoms with E-state index in [1.165, 1.54) is 12.1 Å². The van der Waals surface area contributed by atoms with Crippen molar-refractivity contribution in [1.82, 2.24) is 34.2 Å². The Hall–Kier alpha value is -3.73. The number of alkyl halides is 3. The molecule has 36 heavy (non-hydrogen) atoms. The molecule has 1 aliphatic rings. The first-order valence-electron chi connectivity index (χ1n) is 11.8. The zero-order valence-corrected chi connectivity index (χ0v) is 20.0. The average molecular weight is 498 g/mol. The van der Waals surface area contributed by atoms with Crippen molar-refractivity contribution >= 4 is 11.6 Å². The summed E-state index contributed by atoms with van der Waals surface area (Å²) in [6.45, 7) is 7.23. The standard InChI is InChI=1S/C25H26F3N7O/c1-3-34-17(2)20(15-30-34)22-7-8-29-23-14-21(31-35(22)23)24(36)33-11-9-32(10-12-33)16-18-5-4-6-19(13-18)25(26,27)28/h4-8,13-15H,3,9-12,16H2,1-2H3. The Labute approximate surface area is 206 Å². The van der Waals surface area contributed by atoms with E-state index in [1.54, 1.807) is 33.9 Å². The fraction of sp³-hybridized carbons (Fsp3) is 0.360. The number of rotatable bonds is 5. The molecule has 1 amide bonds. The molecule has 188 valence electrons. The summed E-state index contributed by atoms with van der Waals surface area (Å²) in [6.07, 6.45) is -0.880. The first-order valence-corrected chi connectivity index (χ1v) is 11.8. The summed E-state index contributed by atoms with van der Waals surface area (Å²) in [5, 5.41) is 8.97. The SMILES string of the molecule is CCn1ncc(-c2ccnc3cc(C(=O)N4CCN(Cc5cccc(C(F)(F)F)c5)CC4)nn23)c1C. The third-order valence-corrected chi connectivity index (χ3v) is 6.58.